The number of likely N-dealkylation sites (tertiary alicyclic amines) is 1. The normalized spacial score (nSPS) is 21.9. The fraction of sp³-hybridized carbons (Fsp3) is 0.435. The molecule has 6 heteroatoms. The molecule has 0 spiro atoms. The van der Waals surface area contributed by atoms with Crippen LogP contribution in [0.4, 0.5) is 0 Å². The quantitative estimate of drug-likeness (QED) is 0.655. The molecule has 1 saturated carbocycles. The van der Waals surface area contributed by atoms with Gasteiger partial charge in [0, 0.05) is 18.0 Å². The number of amides is 1. The summed E-state index contributed by atoms with van der Waals surface area (Å²) < 4.78 is 1.47. The average Bonchev–Trinajstić information content (AvgIpc) is 3.21. The number of thiophene rings is 1. The monoisotopic (exact) mass is 407 g/mol. The van der Waals surface area contributed by atoms with Crippen molar-refractivity contribution in [3.63, 3.8) is 0 Å². The van der Waals surface area contributed by atoms with Crippen LogP contribution in [0, 0.1) is 11.8 Å². The first-order valence-electron chi connectivity index (χ1n) is 10.5. The third kappa shape index (κ3) is 3.62. The summed E-state index contributed by atoms with van der Waals surface area (Å²) in [5.41, 5.74) is 0.946. The van der Waals surface area contributed by atoms with E-state index in [0.717, 1.165) is 40.7 Å². The van der Waals surface area contributed by atoms with Crippen molar-refractivity contribution in [2.75, 3.05) is 13.1 Å². The van der Waals surface area contributed by atoms with Gasteiger partial charge >= 0.3 is 0 Å². The Bertz CT molecular complexity index is 1090. The Hall–Kier alpha value is -2.47. The molecule has 1 saturated heterocycles. The van der Waals surface area contributed by atoms with Crippen LogP contribution < -0.4 is 5.56 Å². The zero-order valence-electron chi connectivity index (χ0n) is 16.4. The molecular weight excluding hydrogens is 382 g/mol. The third-order valence-electron chi connectivity index (χ3n) is 6.53. The number of rotatable bonds is 3. The number of piperidine rings is 1. The molecule has 1 aromatic carbocycles. The number of carbonyl (C=O) groups is 1. The molecule has 0 unspecified atom stereocenters. The lowest BCUT2D eigenvalue weighted by Crippen LogP contribution is -2.46. The lowest BCUT2D eigenvalue weighted by atomic mass is 9.75. The van der Waals surface area contributed by atoms with Crippen molar-refractivity contribution < 1.29 is 4.79 Å². The van der Waals surface area contributed by atoms with E-state index >= 15 is 0 Å². The highest BCUT2D eigenvalue weighted by Gasteiger charge is 2.33. The second-order valence-electron chi connectivity index (χ2n) is 8.31. The predicted octanol–water partition coefficient (Wildman–Crippen LogP) is 4.16. The fourth-order valence-electron chi connectivity index (χ4n) is 4.89. The lowest BCUT2D eigenvalue weighted by molar-refractivity contribution is -0.135. The first-order valence-corrected chi connectivity index (χ1v) is 11.3. The van der Waals surface area contributed by atoms with Gasteiger partial charge in [-0.05, 0) is 36.3 Å². The van der Waals surface area contributed by atoms with E-state index in [1.54, 1.807) is 0 Å². The number of benzene rings is 1. The van der Waals surface area contributed by atoms with Gasteiger partial charge in [-0.15, -0.1) is 11.3 Å². The zero-order valence-corrected chi connectivity index (χ0v) is 17.2. The highest BCUT2D eigenvalue weighted by Crippen LogP contribution is 2.36. The molecule has 0 bridgehead atoms. The van der Waals surface area contributed by atoms with E-state index in [1.807, 2.05) is 41.3 Å². The summed E-state index contributed by atoms with van der Waals surface area (Å²) in [6, 6.07) is 11.9. The van der Waals surface area contributed by atoms with E-state index in [-0.39, 0.29) is 18.0 Å². The summed E-state index contributed by atoms with van der Waals surface area (Å²) in [6.45, 7) is 1.75. The second-order valence-corrected chi connectivity index (χ2v) is 9.34. The average molecular weight is 408 g/mol. The molecule has 2 fully saturated rings. The second kappa shape index (κ2) is 7.75. The van der Waals surface area contributed by atoms with Gasteiger partial charge in [0.1, 0.15) is 11.4 Å². The van der Waals surface area contributed by atoms with E-state index in [0.29, 0.717) is 11.3 Å². The van der Waals surface area contributed by atoms with Crippen LogP contribution in [0.25, 0.3) is 20.7 Å². The Morgan fingerprint density at radius 3 is 2.72 bits per heavy atom. The fourth-order valence-corrected chi connectivity index (χ4v) is 5.89. The summed E-state index contributed by atoms with van der Waals surface area (Å²) >= 11 is 1.51. The maximum Gasteiger partial charge on any atom is 0.262 e. The van der Waals surface area contributed by atoms with Crippen LogP contribution in [-0.4, -0.2) is 33.4 Å². The molecule has 2 aromatic heterocycles. The smallest absolute Gasteiger partial charge is 0.262 e. The molecular formula is C23H25N3O2S. The van der Waals surface area contributed by atoms with Crippen molar-refractivity contribution in [2.45, 2.75) is 38.6 Å². The van der Waals surface area contributed by atoms with E-state index in [2.05, 4.69) is 4.98 Å². The Kier molecular flexibility index (Phi) is 4.96. The Morgan fingerprint density at radius 2 is 1.90 bits per heavy atom. The topological polar surface area (TPSA) is 55.2 Å². The minimum Gasteiger partial charge on any atom is -0.341 e. The summed E-state index contributed by atoms with van der Waals surface area (Å²) in [7, 11) is 0. The predicted molar refractivity (Wildman–Crippen MR) is 116 cm³/mol. The van der Waals surface area contributed by atoms with E-state index in [4.69, 9.17) is 0 Å². The molecule has 29 heavy (non-hydrogen) atoms. The molecule has 5 rings (SSSR count). The SMILES string of the molecule is O=C(Cn1cnc2sc(-c3ccccc3)cc2c1=O)N1CC[C@@H]2CCCC[C@@H]2C1. The van der Waals surface area contributed by atoms with Crippen molar-refractivity contribution in [3.05, 3.63) is 53.1 Å². The molecule has 1 aliphatic carbocycles. The Morgan fingerprint density at radius 1 is 1.10 bits per heavy atom. The maximum absolute atomic E-state index is 13.0. The minimum atomic E-state index is -0.130. The molecule has 3 aromatic rings. The summed E-state index contributed by atoms with van der Waals surface area (Å²) in [6.07, 6.45) is 7.80. The van der Waals surface area contributed by atoms with Gasteiger partial charge < -0.3 is 4.90 Å². The van der Waals surface area contributed by atoms with Gasteiger partial charge in [-0.2, -0.15) is 0 Å². The molecule has 5 nitrogen and oxygen atoms in total. The van der Waals surface area contributed by atoms with Crippen LogP contribution in [-0.2, 0) is 11.3 Å². The summed E-state index contributed by atoms with van der Waals surface area (Å²) in [5, 5.41) is 0.593. The standard InChI is InChI=1S/C23H25N3O2S/c27-21(25-11-10-16-6-4-5-9-18(16)13-25)14-26-15-24-22-19(23(26)28)12-20(29-22)17-7-2-1-3-8-17/h1-3,7-8,12,15-16,18H,4-6,9-11,13-14H2/t16-,18+/m0/s1. The van der Waals surface area contributed by atoms with Crippen LogP contribution in [0.2, 0.25) is 0 Å². The molecule has 150 valence electrons. The summed E-state index contributed by atoms with van der Waals surface area (Å²) in [5.74, 6) is 1.47. The van der Waals surface area contributed by atoms with Crippen LogP contribution in [0.15, 0.2) is 47.5 Å². The molecule has 2 atom stereocenters. The van der Waals surface area contributed by atoms with Gasteiger partial charge in [-0.25, -0.2) is 4.98 Å². The highest BCUT2D eigenvalue weighted by atomic mass is 32.1. The first kappa shape index (κ1) is 18.6. The summed E-state index contributed by atoms with van der Waals surface area (Å²) in [4.78, 5) is 34.0. The van der Waals surface area contributed by atoms with Gasteiger partial charge in [0.15, 0.2) is 0 Å². The lowest BCUT2D eigenvalue weighted by Gasteiger charge is -2.41. The molecule has 2 aliphatic rings. The molecule has 0 radical (unpaired) electrons. The zero-order chi connectivity index (χ0) is 19.8. The third-order valence-corrected chi connectivity index (χ3v) is 7.62. The Balaban J connectivity index is 1.36. The molecule has 1 aliphatic heterocycles. The van der Waals surface area contributed by atoms with Gasteiger partial charge in [-0.1, -0.05) is 49.6 Å². The van der Waals surface area contributed by atoms with Gasteiger partial charge in [-0.3, -0.25) is 14.2 Å². The number of hydrogen-bond acceptors (Lipinski definition) is 4. The molecule has 0 N–H and O–H groups in total. The Labute approximate surface area is 174 Å². The number of aromatic nitrogens is 2. The van der Waals surface area contributed by atoms with Gasteiger partial charge in [0.05, 0.1) is 11.7 Å². The van der Waals surface area contributed by atoms with Crippen molar-refractivity contribution in [1.29, 1.82) is 0 Å². The van der Waals surface area contributed by atoms with Crippen LogP contribution in [0.5, 0.6) is 0 Å². The van der Waals surface area contributed by atoms with Crippen LogP contribution in [0.1, 0.15) is 32.1 Å². The maximum atomic E-state index is 13.0. The number of carbonyl (C=O) groups excluding carboxylic acids is 1. The van der Waals surface area contributed by atoms with Crippen LogP contribution in [0.3, 0.4) is 0 Å². The van der Waals surface area contributed by atoms with Crippen LogP contribution >= 0.6 is 11.3 Å². The number of hydrogen-bond donors (Lipinski definition) is 0. The largest absolute Gasteiger partial charge is 0.341 e. The van der Waals surface area contributed by atoms with E-state index in [9.17, 15) is 9.59 Å². The van der Waals surface area contributed by atoms with E-state index in [1.165, 1.54) is 47.9 Å². The van der Waals surface area contributed by atoms with Crippen molar-refractivity contribution in [2.24, 2.45) is 11.8 Å². The first-order chi connectivity index (χ1) is 14.2. The molecule has 3 heterocycles. The van der Waals surface area contributed by atoms with Gasteiger partial charge in [0.25, 0.3) is 5.56 Å². The number of fused-ring (bicyclic) bond motifs is 2. The molecule has 1 amide bonds. The van der Waals surface area contributed by atoms with Gasteiger partial charge in [0.2, 0.25) is 5.91 Å². The number of nitrogens with zero attached hydrogens (tertiary/aromatic N) is 3. The van der Waals surface area contributed by atoms with Crippen molar-refractivity contribution >= 4 is 27.5 Å². The highest BCUT2D eigenvalue weighted by molar-refractivity contribution is 7.21. The van der Waals surface area contributed by atoms with Crippen molar-refractivity contribution in [1.82, 2.24) is 14.5 Å². The minimum absolute atomic E-state index is 0.0378. The van der Waals surface area contributed by atoms with E-state index < -0.39 is 0 Å². The van der Waals surface area contributed by atoms with Crippen molar-refractivity contribution in [3.8, 4) is 10.4 Å².